The van der Waals surface area contributed by atoms with Gasteiger partial charge in [0.1, 0.15) is 11.5 Å². The van der Waals surface area contributed by atoms with E-state index in [1.165, 1.54) is 6.08 Å². The highest BCUT2D eigenvalue weighted by molar-refractivity contribution is 5.89. The van der Waals surface area contributed by atoms with Crippen LogP contribution in [0.3, 0.4) is 0 Å². The minimum atomic E-state index is -0.423. The minimum Gasteiger partial charge on any atom is -0.507 e. The average molecular weight is 471 g/mol. The number of hydrogen-bond donors (Lipinski definition) is 1. The number of aryl methyl sites for hydroxylation is 2. The van der Waals surface area contributed by atoms with Crippen molar-refractivity contribution in [3.05, 3.63) is 99.6 Å². The van der Waals surface area contributed by atoms with Crippen LogP contribution >= 0.6 is 0 Å². The van der Waals surface area contributed by atoms with Crippen molar-refractivity contribution in [3.8, 4) is 11.5 Å². The molecule has 184 valence electrons. The van der Waals surface area contributed by atoms with Gasteiger partial charge in [0, 0.05) is 18.1 Å². The van der Waals surface area contributed by atoms with E-state index in [9.17, 15) is 9.90 Å². The number of ether oxygens (including phenoxy) is 1. The SMILES string of the molecule is Cc1cc(Cc2cc(C)cc(C(C)(C)C)c2OC(=O)C=Cc2ccccc2)c(O)c(C(C)(C)C)c1. The largest absolute Gasteiger partial charge is 0.507 e. The Bertz CT molecular complexity index is 1240. The molecule has 0 aromatic heterocycles. The minimum absolute atomic E-state index is 0.189. The molecule has 0 atom stereocenters. The van der Waals surface area contributed by atoms with Crippen LogP contribution < -0.4 is 4.74 Å². The lowest BCUT2D eigenvalue weighted by Gasteiger charge is -2.26. The number of carbonyl (C=O) groups is 1. The van der Waals surface area contributed by atoms with E-state index in [0.29, 0.717) is 17.9 Å². The Kier molecular flexibility index (Phi) is 7.59. The second-order valence-corrected chi connectivity index (χ2v) is 11.5. The number of aromatic hydroxyl groups is 1. The van der Waals surface area contributed by atoms with Gasteiger partial charge >= 0.3 is 5.97 Å². The van der Waals surface area contributed by atoms with Gasteiger partial charge in [-0.1, -0.05) is 107 Å². The zero-order valence-electron chi connectivity index (χ0n) is 22.3. The van der Waals surface area contributed by atoms with Gasteiger partial charge in [0.25, 0.3) is 0 Å². The summed E-state index contributed by atoms with van der Waals surface area (Å²) in [5.41, 5.74) is 6.30. The third-order valence-corrected chi connectivity index (χ3v) is 6.05. The quantitative estimate of drug-likeness (QED) is 0.235. The molecule has 0 unspecified atom stereocenters. The van der Waals surface area contributed by atoms with E-state index in [1.807, 2.05) is 49.4 Å². The molecule has 1 N–H and O–H groups in total. The van der Waals surface area contributed by atoms with E-state index in [1.54, 1.807) is 6.08 Å². The van der Waals surface area contributed by atoms with E-state index in [0.717, 1.165) is 38.9 Å². The van der Waals surface area contributed by atoms with Crippen molar-refractivity contribution >= 4 is 12.0 Å². The molecule has 0 aliphatic rings. The summed E-state index contributed by atoms with van der Waals surface area (Å²) in [6.07, 6.45) is 3.69. The van der Waals surface area contributed by atoms with Crippen LogP contribution in [0.2, 0.25) is 0 Å². The zero-order valence-corrected chi connectivity index (χ0v) is 22.3. The van der Waals surface area contributed by atoms with Gasteiger partial charge in [0.2, 0.25) is 0 Å². The molecular weight excluding hydrogens is 432 g/mol. The monoisotopic (exact) mass is 470 g/mol. The number of esters is 1. The van der Waals surface area contributed by atoms with Crippen LogP contribution in [0, 0.1) is 13.8 Å². The third-order valence-electron chi connectivity index (χ3n) is 6.05. The highest BCUT2D eigenvalue weighted by Gasteiger charge is 2.26. The number of benzene rings is 3. The van der Waals surface area contributed by atoms with E-state index in [4.69, 9.17) is 4.74 Å². The molecule has 3 nitrogen and oxygen atoms in total. The third kappa shape index (κ3) is 6.63. The Balaban J connectivity index is 2.07. The number of phenols is 1. The first-order chi connectivity index (χ1) is 16.3. The summed E-state index contributed by atoms with van der Waals surface area (Å²) in [6.45, 7) is 16.7. The molecule has 0 saturated carbocycles. The van der Waals surface area contributed by atoms with Crippen molar-refractivity contribution in [2.75, 3.05) is 0 Å². The molecule has 0 heterocycles. The van der Waals surface area contributed by atoms with Gasteiger partial charge in [-0.15, -0.1) is 0 Å². The van der Waals surface area contributed by atoms with E-state index >= 15 is 0 Å². The van der Waals surface area contributed by atoms with Gasteiger partial charge < -0.3 is 9.84 Å². The Labute approximate surface area is 210 Å². The molecule has 0 saturated heterocycles. The summed E-state index contributed by atoms with van der Waals surface area (Å²) in [7, 11) is 0. The average Bonchev–Trinajstić information content (AvgIpc) is 2.75. The normalized spacial score (nSPS) is 12.2. The highest BCUT2D eigenvalue weighted by atomic mass is 16.5. The maximum Gasteiger partial charge on any atom is 0.336 e. The van der Waals surface area contributed by atoms with Crippen LogP contribution in [0.15, 0.2) is 60.7 Å². The fourth-order valence-electron chi connectivity index (χ4n) is 4.29. The fraction of sp³-hybridized carbons (Fsp3) is 0.344. The Morgan fingerprint density at radius 2 is 1.37 bits per heavy atom. The number of rotatable bonds is 5. The molecule has 0 spiro atoms. The van der Waals surface area contributed by atoms with Crippen LogP contribution in [-0.4, -0.2) is 11.1 Å². The lowest BCUT2D eigenvalue weighted by Crippen LogP contribution is -2.18. The molecule has 3 rings (SSSR count). The molecule has 0 amide bonds. The van der Waals surface area contributed by atoms with Crippen molar-refractivity contribution in [1.29, 1.82) is 0 Å². The van der Waals surface area contributed by atoms with Crippen molar-refractivity contribution in [1.82, 2.24) is 0 Å². The Hall–Kier alpha value is -3.33. The predicted molar refractivity (Wildman–Crippen MR) is 145 cm³/mol. The summed E-state index contributed by atoms with van der Waals surface area (Å²) < 4.78 is 6.01. The van der Waals surface area contributed by atoms with Crippen molar-refractivity contribution in [3.63, 3.8) is 0 Å². The molecule has 0 aliphatic carbocycles. The summed E-state index contributed by atoms with van der Waals surface area (Å²) in [6, 6.07) is 17.9. The van der Waals surface area contributed by atoms with E-state index in [-0.39, 0.29) is 10.8 Å². The first kappa shape index (κ1) is 26.3. The topological polar surface area (TPSA) is 46.5 Å². The highest BCUT2D eigenvalue weighted by Crippen LogP contribution is 2.40. The maximum atomic E-state index is 12.9. The number of phenolic OH excluding ortho intramolecular Hbond substituents is 1. The molecule has 3 aromatic carbocycles. The fourth-order valence-corrected chi connectivity index (χ4v) is 4.29. The second-order valence-electron chi connectivity index (χ2n) is 11.5. The zero-order chi connectivity index (χ0) is 26.0. The van der Waals surface area contributed by atoms with Gasteiger partial charge in [-0.3, -0.25) is 0 Å². The molecular formula is C32H38O3. The first-order valence-electron chi connectivity index (χ1n) is 12.2. The standard InChI is InChI=1S/C32H38O3/c1-21-16-24(29(34)26(18-21)31(3,4)5)20-25-17-22(2)19-27(32(6,7)8)30(25)35-28(33)15-14-23-12-10-9-11-13-23/h9-19,34H,20H2,1-8H3. The Morgan fingerprint density at radius 1 is 0.829 bits per heavy atom. The van der Waals surface area contributed by atoms with Gasteiger partial charge in [0.05, 0.1) is 0 Å². The van der Waals surface area contributed by atoms with Gasteiger partial charge in [-0.25, -0.2) is 4.79 Å². The van der Waals surface area contributed by atoms with Gasteiger partial charge in [-0.2, -0.15) is 0 Å². The van der Waals surface area contributed by atoms with Crippen LogP contribution in [0.5, 0.6) is 11.5 Å². The van der Waals surface area contributed by atoms with E-state index in [2.05, 4.69) is 60.6 Å². The van der Waals surface area contributed by atoms with Crippen LogP contribution in [0.1, 0.15) is 80.5 Å². The maximum absolute atomic E-state index is 12.9. The van der Waals surface area contributed by atoms with Crippen molar-refractivity contribution < 1.29 is 14.6 Å². The molecule has 0 bridgehead atoms. The van der Waals surface area contributed by atoms with E-state index < -0.39 is 5.97 Å². The Morgan fingerprint density at radius 3 is 1.94 bits per heavy atom. The summed E-state index contributed by atoms with van der Waals surface area (Å²) >= 11 is 0. The van der Waals surface area contributed by atoms with Gasteiger partial charge in [-0.05, 0) is 53.0 Å². The first-order valence-corrected chi connectivity index (χ1v) is 12.2. The lowest BCUT2D eigenvalue weighted by molar-refractivity contribution is -0.129. The molecule has 35 heavy (non-hydrogen) atoms. The second kappa shape index (κ2) is 10.1. The molecule has 3 aromatic rings. The van der Waals surface area contributed by atoms with Crippen LogP contribution in [0.4, 0.5) is 0 Å². The molecule has 0 fully saturated rings. The summed E-state index contributed by atoms with van der Waals surface area (Å²) in [5.74, 6) is 0.459. The predicted octanol–water partition coefficient (Wildman–Crippen LogP) is 7.81. The van der Waals surface area contributed by atoms with Crippen LogP contribution in [-0.2, 0) is 22.0 Å². The van der Waals surface area contributed by atoms with Gasteiger partial charge in [0.15, 0.2) is 0 Å². The van der Waals surface area contributed by atoms with Crippen LogP contribution in [0.25, 0.3) is 6.08 Å². The molecule has 0 aliphatic heterocycles. The van der Waals surface area contributed by atoms with Crippen molar-refractivity contribution in [2.45, 2.75) is 72.6 Å². The lowest BCUT2D eigenvalue weighted by atomic mass is 9.81. The number of hydrogen-bond acceptors (Lipinski definition) is 3. The smallest absolute Gasteiger partial charge is 0.336 e. The summed E-state index contributed by atoms with van der Waals surface area (Å²) in [4.78, 5) is 12.9. The summed E-state index contributed by atoms with van der Waals surface area (Å²) in [5, 5.41) is 11.2. The number of carbonyl (C=O) groups excluding carboxylic acids is 1. The van der Waals surface area contributed by atoms with Crippen molar-refractivity contribution in [2.24, 2.45) is 0 Å². The molecule has 0 radical (unpaired) electrons. The molecule has 3 heteroatoms.